The Balaban J connectivity index is 1.23. The molecule has 2 atom stereocenters. The second-order valence-electron chi connectivity index (χ2n) is 10.3. The number of nitrogens with one attached hydrogen (secondary N) is 3. The molecule has 0 bridgehead atoms. The molecule has 2 aromatic rings. The Morgan fingerprint density at radius 2 is 1.94 bits per heavy atom. The van der Waals surface area contributed by atoms with Gasteiger partial charge >= 0.3 is 0 Å². The van der Waals surface area contributed by atoms with Crippen LogP contribution in [0.5, 0.6) is 0 Å². The van der Waals surface area contributed by atoms with Gasteiger partial charge in [-0.05, 0) is 69.3 Å². The molecule has 1 amide bonds. The van der Waals surface area contributed by atoms with Gasteiger partial charge in [0, 0.05) is 50.1 Å². The zero-order chi connectivity index (χ0) is 24.4. The summed E-state index contributed by atoms with van der Waals surface area (Å²) in [4.78, 5) is 26.0. The minimum atomic E-state index is -0.513. The molecule has 0 spiro atoms. The summed E-state index contributed by atoms with van der Waals surface area (Å²) in [7, 11) is 2.15. The fourth-order valence-corrected chi connectivity index (χ4v) is 5.11. The molecule has 9 heteroatoms. The van der Waals surface area contributed by atoms with Crippen LogP contribution < -0.4 is 20.9 Å². The van der Waals surface area contributed by atoms with Crippen molar-refractivity contribution in [3.63, 3.8) is 0 Å². The number of rotatable bonds is 8. The van der Waals surface area contributed by atoms with Gasteiger partial charge in [-0.25, -0.2) is 9.37 Å². The number of anilines is 4. The van der Waals surface area contributed by atoms with Crippen LogP contribution in [0.1, 0.15) is 37.7 Å². The molecule has 2 aliphatic carbocycles. The first-order valence-corrected chi connectivity index (χ1v) is 12.8. The van der Waals surface area contributed by atoms with E-state index in [2.05, 4.69) is 61.8 Å². The maximum atomic E-state index is 14.6. The summed E-state index contributed by atoms with van der Waals surface area (Å²) in [6.45, 7) is 7.00. The average Bonchev–Trinajstić information content (AvgIpc) is 3.57. The monoisotopic (exact) mass is 481 g/mol. The van der Waals surface area contributed by atoms with E-state index in [1.165, 1.54) is 30.3 Å². The Hall–Kier alpha value is -2.94. The highest BCUT2D eigenvalue weighted by Crippen LogP contribution is 2.31. The summed E-state index contributed by atoms with van der Waals surface area (Å²) in [5, 5.41) is 9.49. The zero-order valence-electron chi connectivity index (χ0n) is 20.7. The lowest BCUT2D eigenvalue weighted by atomic mass is 10.0. The molecular formula is C26H36FN7O. The predicted molar refractivity (Wildman–Crippen MR) is 137 cm³/mol. The van der Waals surface area contributed by atoms with E-state index in [1.807, 2.05) is 6.07 Å². The molecule has 2 unspecified atom stereocenters. The van der Waals surface area contributed by atoms with Gasteiger partial charge in [-0.15, -0.1) is 0 Å². The molecule has 1 aromatic heterocycles. The molecule has 3 aliphatic rings. The largest absolute Gasteiger partial charge is 0.369 e. The molecule has 2 saturated carbocycles. The van der Waals surface area contributed by atoms with Gasteiger partial charge < -0.3 is 25.8 Å². The number of nitrogens with zero attached hydrogens (tertiary/aromatic N) is 4. The molecule has 5 rings (SSSR count). The number of benzene rings is 1. The van der Waals surface area contributed by atoms with Gasteiger partial charge in [0.15, 0.2) is 11.6 Å². The lowest BCUT2D eigenvalue weighted by Gasteiger charge is -2.35. The second kappa shape index (κ2) is 10.4. The zero-order valence-corrected chi connectivity index (χ0v) is 20.7. The number of hydrogen-bond donors (Lipinski definition) is 3. The van der Waals surface area contributed by atoms with Crippen molar-refractivity contribution in [1.29, 1.82) is 0 Å². The topological polar surface area (TPSA) is 85.4 Å². The Labute approximate surface area is 206 Å². The number of halogens is 1. The van der Waals surface area contributed by atoms with Crippen LogP contribution in [0.3, 0.4) is 0 Å². The molecule has 2 heterocycles. The van der Waals surface area contributed by atoms with Crippen LogP contribution in [0.4, 0.5) is 27.5 Å². The smallest absolute Gasteiger partial charge is 0.229 e. The predicted octanol–water partition coefficient (Wildman–Crippen LogP) is 3.53. The minimum absolute atomic E-state index is 0.0654. The second-order valence-corrected chi connectivity index (χ2v) is 10.3. The molecular weight excluding hydrogens is 445 g/mol. The number of carbonyl (C=O) groups is 1. The standard InChI is InChI=1S/C26H36FN7O/c1-17-14-19(8-9-23(17)34-12-10-33(2)11-13-34)30-26-29-16-21(27)24(32-26)31-22-5-3-4-20(22)25(35)28-15-18-6-7-18/h8-9,14,16,18,20,22H,3-7,10-13,15H2,1-2H3,(H,28,35)(H2,29,30,31,32). The highest BCUT2D eigenvalue weighted by molar-refractivity contribution is 5.80. The van der Waals surface area contributed by atoms with Crippen LogP contribution in [-0.4, -0.2) is 66.6 Å². The summed E-state index contributed by atoms with van der Waals surface area (Å²) in [6, 6.07) is 6.08. The molecule has 0 radical (unpaired) electrons. The Bertz CT molecular complexity index is 1050. The number of hydrogen-bond acceptors (Lipinski definition) is 7. The first-order valence-electron chi connectivity index (χ1n) is 12.8. The summed E-state index contributed by atoms with van der Waals surface area (Å²) in [6.07, 6.45) is 6.15. The maximum absolute atomic E-state index is 14.6. The third-order valence-corrected chi connectivity index (χ3v) is 7.48. The van der Waals surface area contributed by atoms with Gasteiger partial charge in [0.05, 0.1) is 12.1 Å². The average molecular weight is 482 g/mol. The third-order valence-electron chi connectivity index (χ3n) is 7.48. The minimum Gasteiger partial charge on any atom is -0.369 e. The van der Waals surface area contributed by atoms with Gasteiger partial charge in [0.1, 0.15) is 0 Å². The van der Waals surface area contributed by atoms with Crippen LogP contribution >= 0.6 is 0 Å². The van der Waals surface area contributed by atoms with Crippen molar-refractivity contribution in [2.75, 3.05) is 55.3 Å². The van der Waals surface area contributed by atoms with E-state index in [-0.39, 0.29) is 23.7 Å². The highest BCUT2D eigenvalue weighted by atomic mass is 19.1. The van der Waals surface area contributed by atoms with E-state index in [1.54, 1.807) is 0 Å². The number of carbonyl (C=O) groups excluding carboxylic acids is 1. The fraction of sp³-hybridized carbons (Fsp3) is 0.577. The van der Waals surface area contributed by atoms with Crippen LogP contribution in [0, 0.1) is 24.6 Å². The van der Waals surface area contributed by atoms with Crippen LogP contribution in [0.25, 0.3) is 0 Å². The van der Waals surface area contributed by atoms with Crippen molar-refractivity contribution in [2.24, 2.45) is 11.8 Å². The van der Waals surface area contributed by atoms with Gasteiger partial charge in [0.25, 0.3) is 0 Å². The van der Waals surface area contributed by atoms with E-state index < -0.39 is 5.82 Å². The molecule has 1 saturated heterocycles. The van der Waals surface area contributed by atoms with Gasteiger partial charge in [0.2, 0.25) is 11.9 Å². The van der Waals surface area contributed by atoms with Crippen molar-refractivity contribution in [1.82, 2.24) is 20.2 Å². The number of aryl methyl sites for hydroxylation is 1. The quantitative estimate of drug-likeness (QED) is 0.532. The lowest BCUT2D eigenvalue weighted by Crippen LogP contribution is -2.44. The molecule has 188 valence electrons. The van der Waals surface area contributed by atoms with Crippen LogP contribution in [0.15, 0.2) is 24.4 Å². The molecule has 8 nitrogen and oxygen atoms in total. The van der Waals surface area contributed by atoms with Crippen LogP contribution in [0.2, 0.25) is 0 Å². The maximum Gasteiger partial charge on any atom is 0.229 e. The number of aromatic nitrogens is 2. The van der Waals surface area contributed by atoms with Crippen LogP contribution in [-0.2, 0) is 4.79 Å². The molecule has 1 aliphatic heterocycles. The first kappa shape index (κ1) is 23.8. The SMILES string of the molecule is Cc1cc(Nc2ncc(F)c(NC3CCCC3C(=O)NCC3CC3)n2)ccc1N1CCN(C)CC1. The summed E-state index contributed by atoms with van der Waals surface area (Å²) in [5.74, 6) is 0.494. The van der Waals surface area contributed by atoms with E-state index in [0.717, 1.165) is 57.7 Å². The molecule has 3 fully saturated rings. The van der Waals surface area contributed by atoms with Gasteiger partial charge in [-0.1, -0.05) is 6.42 Å². The van der Waals surface area contributed by atoms with Crippen molar-refractivity contribution in [3.05, 3.63) is 35.8 Å². The van der Waals surface area contributed by atoms with E-state index in [4.69, 9.17) is 0 Å². The summed E-state index contributed by atoms with van der Waals surface area (Å²) >= 11 is 0. The summed E-state index contributed by atoms with van der Waals surface area (Å²) < 4.78 is 14.6. The molecule has 3 N–H and O–H groups in total. The van der Waals surface area contributed by atoms with Crippen molar-refractivity contribution in [3.8, 4) is 0 Å². The van der Waals surface area contributed by atoms with E-state index in [9.17, 15) is 9.18 Å². The van der Waals surface area contributed by atoms with Crippen molar-refractivity contribution >= 4 is 29.0 Å². The third kappa shape index (κ3) is 5.83. The van der Waals surface area contributed by atoms with E-state index >= 15 is 0 Å². The lowest BCUT2D eigenvalue weighted by molar-refractivity contribution is -0.125. The number of amides is 1. The molecule has 1 aromatic carbocycles. The number of piperazine rings is 1. The molecule has 35 heavy (non-hydrogen) atoms. The van der Waals surface area contributed by atoms with Crippen molar-refractivity contribution in [2.45, 2.75) is 45.1 Å². The number of likely N-dealkylation sites (N-methyl/N-ethyl adjacent to an activating group) is 1. The Kier molecular flexibility index (Phi) is 7.04. The fourth-order valence-electron chi connectivity index (χ4n) is 5.11. The van der Waals surface area contributed by atoms with Gasteiger partial charge in [-0.2, -0.15) is 4.98 Å². The normalized spacial score (nSPS) is 22.8. The first-order chi connectivity index (χ1) is 17.0. The Morgan fingerprint density at radius 1 is 1.14 bits per heavy atom. The highest BCUT2D eigenvalue weighted by Gasteiger charge is 2.34. The van der Waals surface area contributed by atoms with E-state index in [0.29, 0.717) is 11.9 Å². The van der Waals surface area contributed by atoms with Gasteiger partial charge in [-0.3, -0.25) is 4.79 Å². The summed E-state index contributed by atoms with van der Waals surface area (Å²) in [5.41, 5.74) is 3.26. The Morgan fingerprint density at radius 3 is 2.69 bits per heavy atom. The van der Waals surface area contributed by atoms with Crippen molar-refractivity contribution < 1.29 is 9.18 Å².